The van der Waals surface area contributed by atoms with E-state index < -0.39 is 6.09 Å². The van der Waals surface area contributed by atoms with Gasteiger partial charge in [-0.2, -0.15) is 0 Å². The highest BCUT2D eigenvalue weighted by atomic mass is 79.9. The fourth-order valence-electron chi connectivity index (χ4n) is 1.33. The summed E-state index contributed by atoms with van der Waals surface area (Å²) in [6.45, 7) is 0.237. The first-order valence-corrected chi connectivity index (χ1v) is 4.84. The van der Waals surface area contributed by atoms with Crippen LogP contribution in [-0.2, 0) is 4.74 Å². The first kappa shape index (κ1) is 12.3. The maximum atomic E-state index is 12.9. The van der Waals surface area contributed by atoms with E-state index in [0.717, 1.165) is 4.47 Å². The predicted molar refractivity (Wildman–Crippen MR) is 58.6 cm³/mol. The summed E-state index contributed by atoms with van der Waals surface area (Å²) >= 11 is 3.29. The minimum atomic E-state index is -0.467. The zero-order valence-corrected chi connectivity index (χ0v) is 9.90. The van der Waals surface area contributed by atoms with E-state index in [9.17, 15) is 9.18 Å². The maximum absolute atomic E-state index is 12.9. The van der Waals surface area contributed by atoms with Gasteiger partial charge in [0.05, 0.1) is 6.04 Å². The topological polar surface area (TPSA) is 38.3 Å². The smallest absolute Gasteiger partial charge is 0.407 e. The third-order valence-electron chi connectivity index (χ3n) is 2.01. The number of carbonyl (C=O) groups is 1. The van der Waals surface area contributed by atoms with Crippen molar-refractivity contribution in [3.63, 3.8) is 0 Å². The highest BCUT2D eigenvalue weighted by molar-refractivity contribution is 9.10. The molecule has 0 aromatic heterocycles. The van der Waals surface area contributed by atoms with Crippen LogP contribution in [0.5, 0.6) is 0 Å². The molecule has 1 amide bonds. The molecule has 1 aliphatic rings. The third kappa shape index (κ3) is 2.60. The number of halogens is 3. The molecule has 1 atom stereocenters. The molecule has 1 N–H and O–H groups in total. The number of alkyl carbamates (subject to hydrolysis) is 1. The minimum absolute atomic E-state index is 0. The molecule has 0 bridgehead atoms. The molecule has 1 heterocycles. The molecule has 2 rings (SSSR count). The van der Waals surface area contributed by atoms with Gasteiger partial charge < -0.3 is 10.1 Å². The second kappa shape index (κ2) is 4.81. The molecule has 15 heavy (non-hydrogen) atoms. The zero-order chi connectivity index (χ0) is 10.1. The summed E-state index contributed by atoms with van der Waals surface area (Å²) in [6, 6.07) is 4.07. The van der Waals surface area contributed by atoms with Crippen molar-refractivity contribution in [3.8, 4) is 0 Å². The second-order valence-corrected chi connectivity index (χ2v) is 3.82. The van der Waals surface area contributed by atoms with Crippen LogP contribution in [0.1, 0.15) is 11.6 Å². The second-order valence-electron chi connectivity index (χ2n) is 2.96. The highest BCUT2D eigenvalue weighted by Crippen LogP contribution is 2.26. The van der Waals surface area contributed by atoms with Crippen molar-refractivity contribution in [3.05, 3.63) is 34.1 Å². The molecule has 0 aliphatic carbocycles. The van der Waals surface area contributed by atoms with Crippen LogP contribution in [-0.4, -0.2) is 12.7 Å². The van der Waals surface area contributed by atoms with Crippen molar-refractivity contribution in [2.45, 2.75) is 6.04 Å². The first-order valence-electron chi connectivity index (χ1n) is 4.05. The average molecular weight is 297 g/mol. The Kier molecular flexibility index (Phi) is 3.93. The molecular weight excluding hydrogens is 288 g/mol. The average Bonchev–Trinajstić information content (AvgIpc) is 2.56. The Bertz CT molecular complexity index is 388. The fraction of sp³-hybridized carbons (Fsp3) is 0.222. The van der Waals surface area contributed by atoms with Gasteiger partial charge in [0.25, 0.3) is 0 Å². The Morgan fingerprint density at radius 2 is 2.27 bits per heavy atom. The molecule has 6 heteroatoms. The summed E-state index contributed by atoms with van der Waals surface area (Å²) in [5.41, 5.74) is 0.691. The van der Waals surface area contributed by atoms with Crippen molar-refractivity contribution in [2.75, 3.05) is 6.61 Å². The van der Waals surface area contributed by atoms with Crippen molar-refractivity contribution in [1.82, 2.24) is 5.32 Å². The van der Waals surface area contributed by atoms with Gasteiger partial charge in [0.2, 0.25) is 0 Å². The lowest BCUT2D eigenvalue weighted by Crippen LogP contribution is -2.18. The van der Waals surface area contributed by atoms with Gasteiger partial charge in [-0.05, 0) is 23.8 Å². The van der Waals surface area contributed by atoms with Gasteiger partial charge in [-0.15, -0.1) is 12.4 Å². The van der Waals surface area contributed by atoms with Crippen molar-refractivity contribution >= 4 is 34.4 Å². The van der Waals surface area contributed by atoms with Crippen LogP contribution in [0.25, 0.3) is 0 Å². The van der Waals surface area contributed by atoms with E-state index in [1.807, 2.05) is 0 Å². The molecule has 1 aliphatic heterocycles. The van der Waals surface area contributed by atoms with Crippen LogP contribution in [0.2, 0.25) is 0 Å². The SMILES string of the molecule is Cl.O=C1N[C@H](c2cc(F)ccc2Br)CO1. The molecule has 1 saturated heterocycles. The summed E-state index contributed by atoms with van der Waals surface area (Å²) in [5, 5.41) is 2.58. The number of benzene rings is 1. The van der Waals surface area contributed by atoms with Crippen LogP contribution < -0.4 is 5.32 Å². The van der Waals surface area contributed by atoms with Crippen molar-refractivity contribution < 1.29 is 13.9 Å². The van der Waals surface area contributed by atoms with Crippen molar-refractivity contribution in [1.29, 1.82) is 0 Å². The number of nitrogens with one attached hydrogen (secondary N) is 1. The molecule has 82 valence electrons. The summed E-state index contributed by atoms with van der Waals surface area (Å²) in [7, 11) is 0. The summed E-state index contributed by atoms with van der Waals surface area (Å²) in [5.74, 6) is -0.329. The fourth-order valence-corrected chi connectivity index (χ4v) is 1.86. The van der Waals surface area contributed by atoms with Crippen LogP contribution in [0, 0.1) is 5.82 Å². The number of cyclic esters (lactones) is 1. The van der Waals surface area contributed by atoms with E-state index in [1.165, 1.54) is 12.1 Å². The Balaban J connectivity index is 0.00000112. The van der Waals surface area contributed by atoms with E-state index in [0.29, 0.717) is 5.56 Å². The lowest BCUT2D eigenvalue weighted by molar-refractivity contribution is 0.177. The molecular formula is C9H8BrClFNO2. The van der Waals surface area contributed by atoms with Crippen LogP contribution in [0.15, 0.2) is 22.7 Å². The van der Waals surface area contributed by atoms with Crippen LogP contribution >= 0.6 is 28.3 Å². The van der Waals surface area contributed by atoms with E-state index in [2.05, 4.69) is 21.2 Å². The largest absolute Gasteiger partial charge is 0.447 e. The van der Waals surface area contributed by atoms with E-state index in [4.69, 9.17) is 4.74 Å². The summed E-state index contributed by atoms with van der Waals surface area (Å²) in [4.78, 5) is 10.8. The number of hydrogen-bond donors (Lipinski definition) is 1. The number of rotatable bonds is 1. The summed E-state index contributed by atoms with van der Waals surface area (Å²) in [6.07, 6.45) is -0.467. The Morgan fingerprint density at radius 1 is 1.53 bits per heavy atom. The van der Waals surface area contributed by atoms with E-state index in [1.54, 1.807) is 6.07 Å². The van der Waals surface area contributed by atoms with Gasteiger partial charge in [0.1, 0.15) is 12.4 Å². The van der Waals surface area contributed by atoms with Crippen LogP contribution in [0.4, 0.5) is 9.18 Å². The summed E-state index contributed by atoms with van der Waals surface area (Å²) < 4.78 is 18.4. The zero-order valence-electron chi connectivity index (χ0n) is 7.50. The van der Waals surface area contributed by atoms with E-state index in [-0.39, 0.29) is 30.9 Å². The number of amides is 1. The Labute approximate surface area is 101 Å². The molecule has 1 aromatic rings. The monoisotopic (exact) mass is 295 g/mol. The molecule has 0 spiro atoms. The number of ether oxygens (including phenoxy) is 1. The Hall–Kier alpha value is -0.810. The van der Waals surface area contributed by atoms with Crippen LogP contribution in [0.3, 0.4) is 0 Å². The maximum Gasteiger partial charge on any atom is 0.407 e. The minimum Gasteiger partial charge on any atom is -0.447 e. The predicted octanol–water partition coefficient (Wildman–Crippen LogP) is 2.79. The van der Waals surface area contributed by atoms with E-state index >= 15 is 0 Å². The van der Waals surface area contributed by atoms with Gasteiger partial charge in [-0.1, -0.05) is 15.9 Å². The van der Waals surface area contributed by atoms with Gasteiger partial charge in [-0.25, -0.2) is 9.18 Å². The molecule has 3 nitrogen and oxygen atoms in total. The third-order valence-corrected chi connectivity index (χ3v) is 2.73. The lowest BCUT2D eigenvalue weighted by atomic mass is 10.1. The molecule has 0 saturated carbocycles. The molecule has 0 unspecified atom stereocenters. The number of hydrogen-bond acceptors (Lipinski definition) is 2. The standard InChI is InChI=1S/C9H7BrFNO2.ClH/c10-7-2-1-5(11)3-6(7)8-4-14-9(13)12-8;/h1-3,8H,4H2,(H,12,13);1H/t8-;/m0./s1. The van der Waals surface area contributed by atoms with Gasteiger partial charge in [0.15, 0.2) is 0 Å². The van der Waals surface area contributed by atoms with Gasteiger partial charge >= 0.3 is 6.09 Å². The number of carbonyl (C=O) groups excluding carboxylic acids is 1. The Morgan fingerprint density at radius 3 is 2.87 bits per heavy atom. The highest BCUT2D eigenvalue weighted by Gasteiger charge is 2.25. The normalized spacial score (nSPS) is 19.1. The molecule has 1 fully saturated rings. The van der Waals surface area contributed by atoms with Crippen molar-refractivity contribution in [2.24, 2.45) is 0 Å². The van der Waals surface area contributed by atoms with Gasteiger partial charge in [0, 0.05) is 4.47 Å². The molecule has 1 aromatic carbocycles. The van der Waals surface area contributed by atoms with Gasteiger partial charge in [-0.3, -0.25) is 0 Å². The first-order chi connectivity index (χ1) is 6.66. The lowest BCUT2D eigenvalue weighted by Gasteiger charge is -2.09. The quantitative estimate of drug-likeness (QED) is 0.865. The molecule has 0 radical (unpaired) electrons.